The van der Waals surface area contributed by atoms with E-state index in [0.29, 0.717) is 5.69 Å². The lowest BCUT2D eigenvalue weighted by Gasteiger charge is -2.29. The topological polar surface area (TPSA) is 66.1 Å². The number of rotatable bonds is 5. The van der Waals surface area contributed by atoms with Crippen LogP contribution in [0, 0.1) is 6.92 Å². The maximum atomic E-state index is 13.2. The van der Waals surface area contributed by atoms with Crippen LogP contribution < -0.4 is 0 Å². The summed E-state index contributed by atoms with van der Waals surface area (Å²) < 4.78 is 28.6. The van der Waals surface area contributed by atoms with Gasteiger partial charge in [-0.1, -0.05) is 64.5 Å². The van der Waals surface area contributed by atoms with Crippen LogP contribution in [-0.4, -0.2) is 30.0 Å². The molecule has 0 aliphatic carbocycles. The first-order valence-corrected chi connectivity index (χ1v) is 9.93. The van der Waals surface area contributed by atoms with Crippen molar-refractivity contribution in [1.29, 1.82) is 0 Å². The van der Waals surface area contributed by atoms with Crippen LogP contribution in [0.2, 0.25) is 0 Å². The summed E-state index contributed by atoms with van der Waals surface area (Å²) >= 11 is 3.55. The molecule has 25 heavy (non-hydrogen) atoms. The second-order valence-corrected chi connectivity index (χ2v) is 8.54. The van der Waals surface area contributed by atoms with Gasteiger partial charge in [-0.3, -0.25) is 5.10 Å². The molecule has 1 heterocycles. The fraction of sp³-hybridized carbons (Fsp3) is 0.167. The third-order valence-corrected chi connectivity index (χ3v) is 6.78. The van der Waals surface area contributed by atoms with E-state index < -0.39 is 16.1 Å². The minimum Gasteiger partial charge on any atom is -0.281 e. The maximum Gasteiger partial charge on any atom is 0.247 e. The van der Waals surface area contributed by atoms with Crippen LogP contribution in [0.3, 0.4) is 0 Å². The van der Waals surface area contributed by atoms with Crippen molar-refractivity contribution in [3.8, 4) is 0 Å². The zero-order valence-corrected chi connectivity index (χ0v) is 16.3. The van der Waals surface area contributed by atoms with Crippen molar-refractivity contribution in [1.82, 2.24) is 14.5 Å². The fourth-order valence-corrected chi connectivity index (χ4v) is 4.75. The Kier molecular flexibility index (Phi) is 5.08. The van der Waals surface area contributed by atoms with E-state index in [1.807, 2.05) is 54.6 Å². The average Bonchev–Trinajstić information content (AvgIpc) is 3.04. The third-order valence-electron chi connectivity index (χ3n) is 4.12. The van der Waals surface area contributed by atoms with E-state index in [1.165, 1.54) is 10.5 Å². The quantitative estimate of drug-likeness (QED) is 0.681. The van der Waals surface area contributed by atoms with E-state index in [4.69, 9.17) is 0 Å². The van der Waals surface area contributed by atoms with Gasteiger partial charge in [-0.05, 0) is 24.1 Å². The van der Waals surface area contributed by atoms with E-state index in [2.05, 4.69) is 26.1 Å². The molecule has 3 rings (SSSR count). The minimum absolute atomic E-state index is 0.183. The predicted octanol–water partition coefficient (Wildman–Crippen LogP) is 3.89. The number of benzene rings is 2. The summed E-state index contributed by atoms with van der Waals surface area (Å²) in [7, 11) is -2.12. The Bertz CT molecular complexity index is 971. The lowest BCUT2D eigenvalue weighted by Crippen LogP contribution is -2.32. The van der Waals surface area contributed by atoms with Crippen molar-refractivity contribution >= 4 is 26.0 Å². The van der Waals surface area contributed by atoms with Crippen LogP contribution in [0.25, 0.3) is 0 Å². The smallest absolute Gasteiger partial charge is 0.247 e. The molecule has 1 N–H and O–H groups in total. The first-order valence-electron chi connectivity index (χ1n) is 7.70. The molecule has 0 amide bonds. The van der Waals surface area contributed by atoms with Gasteiger partial charge in [0, 0.05) is 11.5 Å². The molecule has 5 nitrogen and oxygen atoms in total. The summed E-state index contributed by atoms with van der Waals surface area (Å²) in [4.78, 5) is 0.183. The van der Waals surface area contributed by atoms with E-state index in [-0.39, 0.29) is 4.90 Å². The summed E-state index contributed by atoms with van der Waals surface area (Å²) in [6.07, 6.45) is 1.35. The predicted molar refractivity (Wildman–Crippen MR) is 101 cm³/mol. The number of aromatic nitrogens is 2. The number of aryl methyl sites for hydroxylation is 1. The normalized spacial score (nSPS) is 13.1. The standard InChI is InChI=1S/C18H18BrN3O2S/c1-13-17(12-20-21-13)25(23,24)22(2)18(14-8-4-3-5-9-14)15-10-6-7-11-16(15)19/h3-12,18H,1-2H3,(H,20,21). The lowest BCUT2D eigenvalue weighted by molar-refractivity contribution is 0.416. The molecule has 2 aromatic carbocycles. The third kappa shape index (κ3) is 3.40. The van der Waals surface area contributed by atoms with Gasteiger partial charge in [0.2, 0.25) is 10.0 Å². The first kappa shape index (κ1) is 17.8. The number of H-pyrrole nitrogens is 1. The number of halogens is 1. The average molecular weight is 420 g/mol. The summed E-state index contributed by atoms with van der Waals surface area (Å²) in [5.41, 5.74) is 2.29. The Labute approximate surface area is 155 Å². The molecule has 130 valence electrons. The number of hydrogen-bond acceptors (Lipinski definition) is 3. The molecule has 0 fully saturated rings. The van der Waals surface area contributed by atoms with Crippen molar-refractivity contribution < 1.29 is 8.42 Å². The zero-order chi connectivity index (χ0) is 18.0. The van der Waals surface area contributed by atoms with E-state index in [1.54, 1.807) is 14.0 Å². The molecule has 0 radical (unpaired) electrons. The molecular weight excluding hydrogens is 402 g/mol. The molecule has 0 saturated heterocycles. The Morgan fingerprint density at radius 2 is 1.72 bits per heavy atom. The summed E-state index contributed by atoms with van der Waals surface area (Å²) in [6, 6.07) is 16.8. The Morgan fingerprint density at radius 1 is 1.08 bits per heavy atom. The number of nitrogens with one attached hydrogen (secondary N) is 1. The highest BCUT2D eigenvalue weighted by atomic mass is 79.9. The van der Waals surface area contributed by atoms with Gasteiger partial charge in [0.15, 0.2) is 0 Å². The zero-order valence-electron chi connectivity index (χ0n) is 13.8. The fourth-order valence-electron chi connectivity index (χ4n) is 2.81. The molecule has 7 heteroatoms. The second kappa shape index (κ2) is 7.11. The van der Waals surface area contributed by atoms with Crippen LogP contribution in [0.15, 0.2) is 70.2 Å². The minimum atomic E-state index is -3.72. The highest BCUT2D eigenvalue weighted by molar-refractivity contribution is 9.10. The highest BCUT2D eigenvalue weighted by Crippen LogP contribution is 2.35. The van der Waals surface area contributed by atoms with E-state index >= 15 is 0 Å². The monoisotopic (exact) mass is 419 g/mol. The van der Waals surface area contributed by atoms with Gasteiger partial charge in [0.1, 0.15) is 4.90 Å². The molecule has 0 bridgehead atoms. The van der Waals surface area contributed by atoms with Crippen LogP contribution in [-0.2, 0) is 10.0 Å². The number of aromatic amines is 1. The van der Waals surface area contributed by atoms with Crippen molar-refractivity contribution in [3.05, 3.63) is 82.1 Å². The highest BCUT2D eigenvalue weighted by Gasteiger charge is 2.33. The number of sulfonamides is 1. The van der Waals surface area contributed by atoms with Gasteiger partial charge in [-0.15, -0.1) is 0 Å². The Morgan fingerprint density at radius 3 is 2.32 bits per heavy atom. The van der Waals surface area contributed by atoms with Crippen molar-refractivity contribution in [2.24, 2.45) is 0 Å². The van der Waals surface area contributed by atoms with Gasteiger partial charge < -0.3 is 0 Å². The van der Waals surface area contributed by atoms with Crippen LogP contribution in [0.4, 0.5) is 0 Å². The van der Waals surface area contributed by atoms with Crippen molar-refractivity contribution in [2.75, 3.05) is 7.05 Å². The molecule has 3 aromatic rings. The van der Waals surface area contributed by atoms with Crippen LogP contribution in [0.1, 0.15) is 22.9 Å². The molecule has 0 aliphatic heterocycles. The van der Waals surface area contributed by atoms with E-state index in [0.717, 1.165) is 15.6 Å². The second-order valence-electron chi connectivity index (χ2n) is 5.72. The molecule has 1 unspecified atom stereocenters. The Hall–Kier alpha value is -1.96. The molecule has 1 aromatic heterocycles. The molecular formula is C18H18BrN3O2S. The van der Waals surface area contributed by atoms with Crippen molar-refractivity contribution in [2.45, 2.75) is 17.9 Å². The van der Waals surface area contributed by atoms with E-state index in [9.17, 15) is 8.42 Å². The Balaban J connectivity index is 2.16. The maximum absolute atomic E-state index is 13.2. The SMILES string of the molecule is Cc1[nH]ncc1S(=O)(=O)N(C)C(c1ccccc1)c1ccccc1Br. The number of hydrogen-bond donors (Lipinski definition) is 1. The summed E-state index contributed by atoms with van der Waals surface area (Å²) in [5, 5.41) is 6.55. The van der Waals surface area contributed by atoms with Gasteiger partial charge in [-0.25, -0.2) is 8.42 Å². The van der Waals surface area contributed by atoms with Crippen molar-refractivity contribution in [3.63, 3.8) is 0 Å². The van der Waals surface area contributed by atoms with Gasteiger partial charge in [0.05, 0.1) is 17.9 Å². The van der Waals surface area contributed by atoms with Gasteiger partial charge in [0.25, 0.3) is 0 Å². The van der Waals surface area contributed by atoms with Gasteiger partial charge in [-0.2, -0.15) is 9.40 Å². The molecule has 1 atom stereocenters. The van der Waals surface area contributed by atoms with Crippen LogP contribution >= 0.6 is 15.9 Å². The van der Waals surface area contributed by atoms with Crippen LogP contribution in [0.5, 0.6) is 0 Å². The van der Waals surface area contributed by atoms with Gasteiger partial charge >= 0.3 is 0 Å². The lowest BCUT2D eigenvalue weighted by atomic mass is 9.99. The largest absolute Gasteiger partial charge is 0.281 e. The molecule has 0 saturated carbocycles. The molecule has 0 aliphatic rings. The first-order chi connectivity index (χ1) is 11.9. The number of nitrogens with zero attached hydrogens (tertiary/aromatic N) is 2. The molecule has 0 spiro atoms. The summed E-state index contributed by atoms with van der Waals surface area (Å²) in [5.74, 6) is 0. The summed E-state index contributed by atoms with van der Waals surface area (Å²) in [6.45, 7) is 1.70.